The van der Waals surface area contributed by atoms with Crippen molar-refractivity contribution in [2.75, 3.05) is 13.1 Å². The molecule has 0 aliphatic carbocycles. The van der Waals surface area contributed by atoms with Crippen molar-refractivity contribution >= 4 is 5.91 Å². The van der Waals surface area contributed by atoms with E-state index in [9.17, 15) is 9.59 Å². The highest BCUT2D eigenvalue weighted by molar-refractivity contribution is 5.94. The molecule has 0 saturated carbocycles. The van der Waals surface area contributed by atoms with E-state index >= 15 is 0 Å². The van der Waals surface area contributed by atoms with Crippen LogP contribution in [-0.4, -0.2) is 34.6 Å². The van der Waals surface area contributed by atoms with Crippen LogP contribution in [0.3, 0.4) is 0 Å². The zero-order chi connectivity index (χ0) is 18.0. The van der Waals surface area contributed by atoms with E-state index in [1.54, 1.807) is 16.5 Å². The largest absolute Gasteiger partial charge is 0.486 e. The van der Waals surface area contributed by atoms with Gasteiger partial charge in [-0.15, -0.1) is 0 Å². The van der Waals surface area contributed by atoms with Gasteiger partial charge in [-0.3, -0.25) is 9.59 Å². The molecule has 1 fully saturated rings. The molecule has 0 atom stereocenters. The minimum absolute atomic E-state index is 0.0306. The van der Waals surface area contributed by atoms with E-state index in [0.29, 0.717) is 24.4 Å². The average Bonchev–Trinajstić information content (AvgIpc) is 2.56. The van der Waals surface area contributed by atoms with Crippen molar-refractivity contribution in [1.29, 1.82) is 0 Å². The fraction of sp³-hybridized carbons (Fsp3) is 0.400. The third-order valence-electron chi connectivity index (χ3n) is 4.65. The number of rotatable bonds is 5. The highest BCUT2D eigenvalue weighted by Crippen LogP contribution is 2.20. The van der Waals surface area contributed by atoms with Gasteiger partial charge in [0.25, 0.3) is 11.5 Å². The molecular formula is C20H24N2O3. The van der Waals surface area contributed by atoms with Gasteiger partial charge < -0.3 is 14.2 Å². The molecule has 1 amide bonds. The molecule has 1 aromatic carbocycles. The van der Waals surface area contributed by atoms with Crippen molar-refractivity contribution < 1.29 is 9.53 Å². The van der Waals surface area contributed by atoms with E-state index < -0.39 is 0 Å². The number of likely N-dealkylation sites (tertiary alicyclic amines) is 1. The molecule has 1 saturated heterocycles. The lowest BCUT2D eigenvalue weighted by atomic mass is 10.0. The fourth-order valence-corrected chi connectivity index (χ4v) is 2.96. The number of carbonyl (C=O) groups is 1. The molecule has 0 unspecified atom stereocenters. The number of hydrogen-bond donors (Lipinski definition) is 0. The first kappa shape index (κ1) is 17.3. The van der Waals surface area contributed by atoms with Crippen molar-refractivity contribution in [2.24, 2.45) is 7.05 Å². The topological polar surface area (TPSA) is 51.5 Å². The van der Waals surface area contributed by atoms with E-state index in [-0.39, 0.29) is 17.6 Å². The first-order valence-corrected chi connectivity index (χ1v) is 8.70. The second-order valence-electron chi connectivity index (χ2n) is 6.63. The number of amides is 1. The van der Waals surface area contributed by atoms with Gasteiger partial charge in [-0.25, -0.2) is 0 Å². The zero-order valence-electron chi connectivity index (χ0n) is 15.0. The van der Waals surface area contributed by atoms with Crippen LogP contribution in [0.1, 0.15) is 35.0 Å². The summed E-state index contributed by atoms with van der Waals surface area (Å²) in [5.41, 5.74) is 2.73. The van der Waals surface area contributed by atoms with Crippen LogP contribution in [0.5, 0.6) is 5.75 Å². The van der Waals surface area contributed by atoms with Crippen molar-refractivity contribution in [2.45, 2.75) is 32.8 Å². The quantitative estimate of drug-likeness (QED) is 0.840. The molecule has 1 aliphatic rings. The number of hydrogen-bond acceptors (Lipinski definition) is 3. The molecule has 0 spiro atoms. The van der Waals surface area contributed by atoms with Gasteiger partial charge in [-0.2, -0.15) is 0 Å². The highest BCUT2D eigenvalue weighted by atomic mass is 16.5. The Hall–Kier alpha value is -2.56. The lowest BCUT2D eigenvalue weighted by Crippen LogP contribution is -2.56. The normalized spacial score (nSPS) is 14.3. The Morgan fingerprint density at radius 3 is 2.48 bits per heavy atom. The van der Waals surface area contributed by atoms with Gasteiger partial charge >= 0.3 is 0 Å². The molecule has 0 bridgehead atoms. The van der Waals surface area contributed by atoms with Gasteiger partial charge in [0, 0.05) is 24.4 Å². The molecule has 0 N–H and O–H groups in total. The number of aryl methyl sites for hydroxylation is 2. The molecule has 0 radical (unpaired) electrons. The number of carbonyl (C=O) groups excluding carboxylic acids is 1. The molecule has 25 heavy (non-hydrogen) atoms. The highest BCUT2D eigenvalue weighted by Gasteiger charge is 2.32. The van der Waals surface area contributed by atoms with Gasteiger partial charge in [0.2, 0.25) is 0 Å². The average molecular weight is 340 g/mol. The Morgan fingerprint density at radius 1 is 1.20 bits per heavy atom. The molecule has 132 valence electrons. The summed E-state index contributed by atoms with van der Waals surface area (Å²) in [4.78, 5) is 26.0. The second kappa shape index (κ2) is 7.13. The van der Waals surface area contributed by atoms with Crippen molar-refractivity contribution in [1.82, 2.24) is 9.47 Å². The van der Waals surface area contributed by atoms with Gasteiger partial charge in [0.1, 0.15) is 11.9 Å². The maximum Gasteiger partial charge on any atom is 0.254 e. The third kappa shape index (κ3) is 3.76. The summed E-state index contributed by atoms with van der Waals surface area (Å²) in [5, 5.41) is 0. The second-order valence-corrected chi connectivity index (χ2v) is 6.63. The lowest BCUT2D eigenvalue weighted by Gasteiger charge is -2.39. The summed E-state index contributed by atoms with van der Waals surface area (Å²) in [5.74, 6) is 0.602. The Bertz CT molecular complexity index is 818. The predicted octanol–water partition coefficient (Wildman–Crippen LogP) is 2.55. The summed E-state index contributed by atoms with van der Waals surface area (Å²) < 4.78 is 7.40. The Morgan fingerprint density at radius 2 is 1.88 bits per heavy atom. The Kier molecular flexibility index (Phi) is 4.93. The first-order valence-electron chi connectivity index (χ1n) is 8.70. The SMILES string of the molecule is CCCc1ccc(C(=O)N2CC(Oc3cc(C)n(C)c(=O)c3)C2)cc1. The van der Waals surface area contributed by atoms with Gasteiger partial charge in [0.05, 0.1) is 13.1 Å². The van der Waals surface area contributed by atoms with Gasteiger partial charge in [0.15, 0.2) is 0 Å². The monoisotopic (exact) mass is 340 g/mol. The Balaban J connectivity index is 1.57. The van der Waals surface area contributed by atoms with Gasteiger partial charge in [-0.05, 0) is 37.1 Å². The van der Waals surface area contributed by atoms with Crippen LogP contribution in [0.4, 0.5) is 0 Å². The fourth-order valence-electron chi connectivity index (χ4n) is 2.96. The Labute approximate surface area is 147 Å². The summed E-state index contributed by atoms with van der Waals surface area (Å²) in [6.45, 7) is 5.10. The molecule has 2 aromatic rings. The molecule has 5 nitrogen and oxygen atoms in total. The van der Waals surface area contributed by atoms with E-state index in [1.807, 2.05) is 37.3 Å². The smallest absolute Gasteiger partial charge is 0.254 e. The van der Waals surface area contributed by atoms with Gasteiger partial charge in [-0.1, -0.05) is 25.5 Å². The minimum atomic E-state index is -0.0885. The van der Waals surface area contributed by atoms with Crippen LogP contribution in [0.25, 0.3) is 0 Å². The third-order valence-corrected chi connectivity index (χ3v) is 4.65. The van der Waals surface area contributed by atoms with Crippen molar-refractivity contribution in [3.8, 4) is 5.75 Å². The standard InChI is InChI=1S/C20H24N2O3/c1-4-5-15-6-8-16(9-7-15)20(24)22-12-18(13-22)25-17-10-14(2)21(3)19(23)11-17/h6-11,18H,4-5,12-13H2,1-3H3. The molecule has 3 rings (SSSR count). The summed E-state index contributed by atoms with van der Waals surface area (Å²) in [6, 6.07) is 11.2. The summed E-state index contributed by atoms with van der Waals surface area (Å²) >= 11 is 0. The molecular weight excluding hydrogens is 316 g/mol. The predicted molar refractivity (Wildman–Crippen MR) is 97.2 cm³/mol. The number of ether oxygens (including phenoxy) is 1. The van der Waals surface area contributed by atoms with E-state index in [0.717, 1.165) is 18.5 Å². The summed E-state index contributed by atoms with van der Waals surface area (Å²) in [6.07, 6.45) is 2.07. The molecule has 5 heteroatoms. The first-order chi connectivity index (χ1) is 12.0. The van der Waals surface area contributed by atoms with Crippen LogP contribution in [0, 0.1) is 6.92 Å². The maximum atomic E-state index is 12.5. The number of pyridine rings is 1. The zero-order valence-corrected chi connectivity index (χ0v) is 15.0. The van der Waals surface area contributed by atoms with Crippen LogP contribution >= 0.6 is 0 Å². The molecule has 1 aromatic heterocycles. The van der Waals surface area contributed by atoms with Crippen LogP contribution in [0.15, 0.2) is 41.2 Å². The number of nitrogens with zero attached hydrogens (tertiary/aromatic N) is 2. The van der Waals surface area contributed by atoms with E-state index in [2.05, 4.69) is 6.92 Å². The summed E-state index contributed by atoms with van der Waals surface area (Å²) in [7, 11) is 1.73. The molecule has 1 aliphatic heterocycles. The van der Waals surface area contributed by atoms with E-state index in [1.165, 1.54) is 11.6 Å². The van der Waals surface area contributed by atoms with Crippen molar-refractivity contribution in [3.05, 3.63) is 63.6 Å². The minimum Gasteiger partial charge on any atom is -0.486 e. The van der Waals surface area contributed by atoms with Crippen LogP contribution in [0.2, 0.25) is 0 Å². The number of aromatic nitrogens is 1. The van der Waals surface area contributed by atoms with Crippen molar-refractivity contribution in [3.63, 3.8) is 0 Å². The lowest BCUT2D eigenvalue weighted by molar-refractivity contribution is 0.0176. The maximum absolute atomic E-state index is 12.5. The molecule has 2 heterocycles. The van der Waals surface area contributed by atoms with Crippen LogP contribution in [-0.2, 0) is 13.5 Å². The van der Waals surface area contributed by atoms with Crippen LogP contribution < -0.4 is 10.3 Å². The number of benzene rings is 1. The van der Waals surface area contributed by atoms with E-state index in [4.69, 9.17) is 4.74 Å².